The number of amides is 2. The first kappa shape index (κ1) is 14.5. The first-order valence-corrected chi connectivity index (χ1v) is 7.28. The molecule has 7 nitrogen and oxygen atoms in total. The fraction of sp³-hybridized carbons (Fsp3) is 0.400. The van der Waals surface area contributed by atoms with Gasteiger partial charge in [0.1, 0.15) is 5.82 Å². The van der Waals surface area contributed by atoms with Crippen LogP contribution in [0.4, 0.5) is 10.5 Å². The van der Waals surface area contributed by atoms with Gasteiger partial charge in [0, 0.05) is 45.3 Å². The minimum absolute atomic E-state index is 0.0969. The second-order valence-corrected chi connectivity index (χ2v) is 5.51. The van der Waals surface area contributed by atoms with Crippen molar-refractivity contribution in [3.05, 3.63) is 42.7 Å². The highest BCUT2D eigenvalue weighted by atomic mass is 16.2. The van der Waals surface area contributed by atoms with Crippen molar-refractivity contribution >= 4 is 11.7 Å². The summed E-state index contributed by atoms with van der Waals surface area (Å²) in [7, 11) is 4.04. The number of carbonyl (C=O) groups is 1. The Bertz CT molecular complexity index is 640. The number of aromatic nitrogens is 3. The van der Waals surface area contributed by atoms with Gasteiger partial charge in [0.05, 0.1) is 17.9 Å². The molecule has 0 aromatic carbocycles. The molecule has 0 saturated carbocycles. The maximum absolute atomic E-state index is 12.4. The van der Waals surface area contributed by atoms with Gasteiger partial charge in [-0.3, -0.25) is 9.88 Å². The number of pyridine rings is 1. The van der Waals surface area contributed by atoms with Crippen LogP contribution in [0.3, 0.4) is 0 Å². The molecule has 7 heteroatoms. The van der Waals surface area contributed by atoms with Crippen molar-refractivity contribution in [3.63, 3.8) is 0 Å². The van der Waals surface area contributed by atoms with Crippen molar-refractivity contribution in [3.8, 4) is 0 Å². The van der Waals surface area contributed by atoms with Crippen molar-refractivity contribution in [2.24, 2.45) is 7.05 Å². The number of aryl methyl sites for hydroxylation is 1. The third kappa shape index (κ3) is 2.94. The summed E-state index contributed by atoms with van der Waals surface area (Å²) in [4.78, 5) is 24.9. The SMILES string of the molecule is CN1CCN(C(=O)Nc2cccnc2)C[C@@H]1c1nccn1C. The smallest absolute Gasteiger partial charge is 0.321 e. The number of hydrogen-bond acceptors (Lipinski definition) is 4. The molecule has 0 unspecified atom stereocenters. The summed E-state index contributed by atoms with van der Waals surface area (Å²) in [6.07, 6.45) is 7.04. The van der Waals surface area contributed by atoms with Gasteiger partial charge in [-0.25, -0.2) is 9.78 Å². The van der Waals surface area contributed by atoms with Crippen LogP contribution in [0, 0.1) is 0 Å². The lowest BCUT2D eigenvalue weighted by Gasteiger charge is -2.38. The third-order valence-corrected chi connectivity index (χ3v) is 4.00. The van der Waals surface area contributed by atoms with E-state index in [1.165, 1.54) is 0 Å². The molecule has 0 spiro atoms. The van der Waals surface area contributed by atoms with E-state index in [0.717, 1.165) is 12.4 Å². The number of anilines is 1. The van der Waals surface area contributed by atoms with Crippen LogP contribution >= 0.6 is 0 Å². The predicted molar refractivity (Wildman–Crippen MR) is 83.4 cm³/mol. The number of piperazine rings is 1. The Hall–Kier alpha value is -2.41. The minimum Gasteiger partial charge on any atom is -0.337 e. The van der Waals surface area contributed by atoms with Crippen LogP contribution in [-0.4, -0.2) is 57.0 Å². The second kappa shape index (κ2) is 6.15. The number of hydrogen-bond donors (Lipinski definition) is 1. The van der Waals surface area contributed by atoms with Crippen molar-refractivity contribution in [1.29, 1.82) is 0 Å². The molecule has 0 radical (unpaired) electrons. The zero-order valence-electron chi connectivity index (χ0n) is 12.8. The third-order valence-electron chi connectivity index (χ3n) is 4.00. The van der Waals surface area contributed by atoms with E-state index < -0.39 is 0 Å². The molecular formula is C15H20N6O. The number of rotatable bonds is 2. The lowest BCUT2D eigenvalue weighted by molar-refractivity contribution is 0.110. The van der Waals surface area contributed by atoms with Crippen LogP contribution in [0.1, 0.15) is 11.9 Å². The Kier molecular flexibility index (Phi) is 4.06. The zero-order valence-corrected chi connectivity index (χ0v) is 12.8. The van der Waals surface area contributed by atoms with E-state index in [1.54, 1.807) is 24.7 Å². The molecule has 1 fully saturated rings. The standard InChI is InChI=1S/C15H20N6O/c1-19-8-9-21(11-13(19)14-17-6-7-20(14)2)15(22)18-12-4-3-5-16-10-12/h3-7,10,13H,8-9,11H2,1-2H3,(H,18,22)/t13-/m1/s1. The van der Waals surface area contributed by atoms with E-state index in [-0.39, 0.29) is 12.1 Å². The summed E-state index contributed by atoms with van der Waals surface area (Å²) in [6.45, 7) is 2.13. The van der Waals surface area contributed by atoms with E-state index in [1.807, 2.05) is 28.8 Å². The fourth-order valence-electron chi connectivity index (χ4n) is 2.67. The lowest BCUT2D eigenvalue weighted by Crippen LogP contribution is -2.50. The maximum atomic E-state index is 12.4. The average Bonchev–Trinajstić information content (AvgIpc) is 2.94. The molecular weight excluding hydrogens is 280 g/mol. The lowest BCUT2D eigenvalue weighted by atomic mass is 10.1. The molecule has 2 amide bonds. The number of urea groups is 1. The number of imidazole rings is 1. The van der Waals surface area contributed by atoms with Crippen molar-refractivity contribution in [2.45, 2.75) is 6.04 Å². The first-order valence-electron chi connectivity index (χ1n) is 7.28. The van der Waals surface area contributed by atoms with E-state index in [0.29, 0.717) is 18.8 Å². The van der Waals surface area contributed by atoms with Crippen molar-refractivity contribution < 1.29 is 4.79 Å². The molecule has 2 aromatic rings. The highest BCUT2D eigenvalue weighted by molar-refractivity contribution is 5.89. The molecule has 1 N–H and O–H groups in total. The molecule has 1 aliphatic rings. The molecule has 1 saturated heterocycles. The van der Waals surface area contributed by atoms with Crippen molar-refractivity contribution in [2.75, 3.05) is 32.0 Å². The Morgan fingerprint density at radius 1 is 1.32 bits per heavy atom. The second-order valence-electron chi connectivity index (χ2n) is 5.51. The van der Waals surface area contributed by atoms with E-state index in [4.69, 9.17) is 0 Å². The topological polar surface area (TPSA) is 66.3 Å². The van der Waals surface area contributed by atoms with Crippen LogP contribution in [0.25, 0.3) is 0 Å². The van der Waals surface area contributed by atoms with E-state index >= 15 is 0 Å². The molecule has 22 heavy (non-hydrogen) atoms. The number of nitrogens with zero attached hydrogens (tertiary/aromatic N) is 5. The van der Waals surface area contributed by atoms with Gasteiger partial charge in [-0.1, -0.05) is 0 Å². The molecule has 0 aliphatic carbocycles. The summed E-state index contributed by atoms with van der Waals surface area (Å²) in [5.74, 6) is 0.973. The van der Waals surface area contributed by atoms with Gasteiger partial charge in [-0.15, -0.1) is 0 Å². The monoisotopic (exact) mass is 300 g/mol. The average molecular weight is 300 g/mol. The first-order chi connectivity index (χ1) is 10.6. The van der Waals surface area contributed by atoms with Crippen molar-refractivity contribution in [1.82, 2.24) is 24.3 Å². The highest BCUT2D eigenvalue weighted by Crippen LogP contribution is 2.22. The predicted octanol–water partition coefficient (Wildman–Crippen LogP) is 1.34. The van der Waals surface area contributed by atoms with Gasteiger partial charge in [-0.2, -0.15) is 0 Å². The summed E-state index contributed by atoms with van der Waals surface area (Å²) >= 11 is 0. The Morgan fingerprint density at radius 3 is 2.86 bits per heavy atom. The van der Waals surface area contributed by atoms with Crippen LogP contribution in [0.15, 0.2) is 36.9 Å². The van der Waals surface area contributed by atoms with E-state index in [9.17, 15) is 4.79 Å². The van der Waals surface area contributed by atoms with Gasteiger partial charge < -0.3 is 14.8 Å². The zero-order chi connectivity index (χ0) is 15.5. The summed E-state index contributed by atoms with van der Waals surface area (Å²) in [5, 5.41) is 2.89. The van der Waals surface area contributed by atoms with E-state index in [2.05, 4.69) is 27.2 Å². The Labute approximate surface area is 129 Å². The van der Waals surface area contributed by atoms with Gasteiger partial charge in [-0.05, 0) is 19.2 Å². The van der Waals surface area contributed by atoms with Gasteiger partial charge in [0.25, 0.3) is 0 Å². The minimum atomic E-state index is -0.0969. The normalized spacial score (nSPS) is 19.2. The molecule has 3 rings (SSSR count). The molecule has 0 bridgehead atoms. The number of carbonyl (C=O) groups excluding carboxylic acids is 1. The van der Waals surface area contributed by atoms with Gasteiger partial charge in [0.2, 0.25) is 0 Å². The Balaban J connectivity index is 1.70. The van der Waals surface area contributed by atoms with Crippen LogP contribution in [-0.2, 0) is 7.05 Å². The van der Waals surface area contributed by atoms with Crippen LogP contribution in [0.2, 0.25) is 0 Å². The summed E-state index contributed by atoms with van der Waals surface area (Å²) < 4.78 is 2.00. The number of likely N-dealkylation sites (N-methyl/N-ethyl adjacent to an activating group) is 1. The molecule has 2 aromatic heterocycles. The van der Waals surface area contributed by atoms with Gasteiger partial charge >= 0.3 is 6.03 Å². The fourth-order valence-corrected chi connectivity index (χ4v) is 2.67. The summed E-state index contributed by atoms with van der Waals surface area (Å²) in [5.41, 5.74) is 0.708. The van der Waals surface area contributed by atoms with Crippen LogP contribution in [0.5, 0.6) is 0 Å². The molecule has 1 aliphatic heterocycles. The maximum Gasteiger partial charge on any atom is 0.321 e. The molecule has 116 valence electrons. The molecule has 3 heterocycles. The summed E-state index contributed by atoms with van der Waals surface area (Å²) in [6, 6.07) is 3.64. The molecule has 1 atom stereocenters. The highest BCUT2D eigenvalue weighted by Gasteiger charge is 2.30. The van der Waals surface area contributed by atoms with Gasteiger partial charge in [0.15, 0.2) is 0 Å². The Morgan fingerprint density at radius 2 is 2.18 bits per heavy atom. The largest absolute Gasteiger partial charge is 0.337 e. The van der Waals surface area contributed by atoms with Crippen LogP contribution < -0.4 is 5.32 Å². The number of nitrogens with one attached hydrogen (secondary N) is 1. The quantitative estimate of drug-likeness (QED) is 0.909.